The number of carbonyl (C=O) groups excluding carboxylic acids is 2. The van der Waals surface area contributed by atoms with E-state index in [-0.39, 0.29) is 17.7 Å². The molecule has 1 unspecified atom stereocenters. The topological polar surface area (TPSA) is 58.4 Å². The molecule has 25 heavy (non-hydrogen) atoms. The summed E-state index contributed by atoms with van der Waals surface area (Å²) in [7, 11) is 1.96. The number of likely N-dealkylation sites (tertiary alicyclic amines) is 1. The van der Waals surface area contributed by atoms with Gasteiger partial charge in [-0.3, -0.25) is 9.59 Å². The predicted molar refractivity (Wildman–Crippen MR) is 92.3 cm³/mol. The maximum Gasteiger partial charge on any atom is 0.228 e. The van der Waals surface area contributed by atoms with E-state index in [1.165, 1.54) is 0 Å². The molecule has 2 aliphatic heterocycles. The molecule has 0 aliphatic carbocycles. The van der Waals surface area contributed by atoms with Crippen molar-refractivity contribution in [3.63, 3.8) is 0 Å². The predicted octanol–water partition coefficient (Wildman–Crippen LogP) is 1.35. The Morgan fingerprint density at radius 3 is 2.88 bits per heavy atom. The molecular formula is C19H22N4O2. The van der Waals surface area contributed by atoms with E-state index in [9.17, 15) is 9.59 Å². The summed E-state index contributed by atoms with van der Waals surface area (Å²) in [5.74, 6) is -0.0674. The minimum absolute atomic E-state index is 0.0698. The van der Waals surface area contributed by atoms with Crippen LogP contribution in [0.5, 0.6) is 0 Å². The third-order valence-electron chi connectivity index (χ3n) is 5.20. The van der Waals surface area contributed by atoms with Crippen LogP contribution in [-0.2, 0) is 36.1 Å². The first kappa shape index (κ1) is 15.9. The van der Waals surface area contributed by atoms with Crippen LogP contribution in [0.3, 0.4) is 0 Å². The van der Waals surface area contributed by atoms with Crippen molar-refractivity contribution in [1.29, 1.82) is 0 Å². The van der Waals surface area contributed by atoms with Crippen LogP contribution in [-0.4, -0.2) is 44.3 Å². The molecule has 6 nitrogen and oxygen atoms in total. The van der Waals surface area contributed by atoms with Crippen LogP contribution in [0.15, 0.2) is 36.7 Å². The van der Waals surface area contributed by atoms with Crippen LogP contribution in [0.1, 0.15) is 23.4 Å². The van der Waals surface area contributed by atoms with Gasteiger partial charge in [0.05, 0.1) is 30.2 Å². The summed E-state index contributed by atoms with van der Waals surface area (Å²) in [6, 6.07) is 9.92. The number of nitrogens with zero attached hydrogens (tertiary/aromatic N) is 4. The van der Waals surface area contributed by atoms with E-state index in [0.29, 0.717) is 32.6 Å². The fourth-order valence-corrected chi connectivity index (χ4v) is 3.76. The fraction of sp³-hybridized carbons (Fsp3) is 0.421. The van der Waals surface area contributed by atoms with Gasteiger partial charge in [-0.15, -0.1) is 0 Å². The van der Waals surface area contributed by atoms with Crippen molar-refractivity contribution in [2.45, 2.75) is 25.9 Å². The highest BCUT2D eigenvalue weighted by atomic mass is 16.2. The number of hydrogen-bond acceptors (Lipinski definition) is 3. The lowest BCUT2D eigenvalue weighted by Gasteiger charge is -2.29. The van der Waals surface area contributed by atoms with Crippen molar-refractivity contribution in [2.24, 2.45) is 13.0 Å². The number of imidazole rings is 1. The number of hydrogen-bond donors (Lipinski definition) is 0. The van der Waals surface area contributed by atoms with Crippen molar-refractivity contribution in [3.8, 4) is 0 Å². The molecule has 0 saturated carbocycles. The summed E-state index contributed by atoms with van der Waals surface area (Å²) >= 11 is 0. The standard InChI is InChI=1S/C19H22N4O2/c1-21-13-20-16-7-8-22(12-17(16)21)19(25)15-9-18(24)23(11-15)10-14-5-3-2-4-6-14/h2-6,13,15H,7-12H2,1H3. The van der Waals surface area contributed by atoms with Gasteiger partial charge in [-0.25, -0.2) is 4.98 Å². The van der Waals surface area contributed by atoms with Gasteiger partial charge in [0.2, 0.25) is 11.8 Å². The molecule has 3 heterocycles. The van der Waals surface area contributed by atoms with Gasteiger partial charge in [0.1, 0.15) is 0 Å². The summed E-state index contributed by atoms with van der Waals surface area (Å²) in [6.07, 6.45) is 2.91. The van der Waals surface area contributed by atoms with Crippen molar-refractivity contribution in [1.82, 2.24) is 19.4 Å². The summed E-state index contributed by atoms with van der Waals surface area (Å²) < 4.78 is 1.98. The summed E-state index contributed by atoms with van der Waals surface area (Å²) in [4.78, 5) is 33.3. The Labute approximate surface area is 147 Å². The number of aryl methyl sites for hydroxylation is 1. The Bertz CT molecular complexity index is 799. The number of carbonyl (C=O) groups is 2. The summed E-state index contributed by atoms with van der Waals surface area (Å²) in [5, 5.41) is 0. The molecule has 1 aromatic heterocycles. The average molecular weight is 338 g/mol. The van der Waals surface area contributed by atoms with E-state index in [4.69, 9.17) is 0 Å². The molecule has 1 fully saturated rings. The van der Waals surface area contributed by atoms with Crippen LogP contribution >= 0.6 is 0 Å². The first-order valence-corrected chi connectivity index (χ1v) is 8.71. The minimum atomic E-state index is -0.231. The molecule has 6 heteroatoms. The maximum absolute atomic E-state index is 12.9. The third-order valence-corrected chi connectivity index (χ3v) is 5.20. The molecule has 1 aromatic carbocycles. The van der Waals surface area contributed by atoms with Crippen molar-refractivity contribution < 1.29 is 9.59 Å². The van der Waals surface area contributed by atoms with E-state index in [2.05, 4.69) is 4.98 Å². The molecule has 0 spiro atoms. The molecule has 0 radical (unpaired) electrons. The van der Waals surface area contributed by atoms with Crippen molar-refractivity contribution in [2.75, 3.05) is 13.1 Å². The first-order chi connectivity index (χ1) is 12.1. The molecule has 1 saturated heterocycles. The molecule has 4 rings (SSSR count). The molecule has 1 atom stereocenters. The van der Waals surface area contributed by atoms with E-state index < -0.39 is 0 Å². The zero-order chi connectivity index (χ0) is 17.4. The lowest BCUT2D eigenvalue weighted by molar-refractivity contribution is -0.136. The fourth-order valence-electron chi connectivity index (χ4n) is 3.76. The van der Waals surface area contributed by atoms with Gasteiger partial charge in [-0.05, 0) is 5.56 Å². The molecule has 130 valence electrons. The number of benzene rings is 1. The molecular weight excluding hydrogens is 316 g/mol. The zero-order valence-corrected chi connectivity index (χ0v) is 14.4. The monoisotopic (exact) mass is 338 g/mol. The van der Waals surface area contributed by atoms with Crippen molar-refractivity contribution >= 4 is 11.8 Å². The second kappa shape index (κ2) is 6.35. The van der Waals surface area contributed by atoms with Crippen LogP contribution in [0, 0.1) is 5.92 Å². The van der Waals surface area contributed by atoms with Crippen LogP contribution in [0.25, 0.3) is 0 Å². The quantitative estimate of drug-likeness (QED) is 0.849. The third kappa shape index (κ3) is 3.04. The highest BCUT2D eigenvalue weighted by molar-refractivity contribution is 5.89. The Hall–Kier alpha value is -2.63. The number of aromatic nitrogens is 2. The Morgan fingerprint density at radius 1 is 1.28 bits per heavy atom. The average Bonchev–Trinajstić information content (AvgIpc) is 3.18. The SMILES string of the molecule is Cn1cnc2c1CN(C(=O)C1CC(=O)N(Cc3ccccc3)C1)CC2. The van der Waals surface area contributed by atoms with E-state index in [1.807, 2.05) is 46.8 Å². The van der Waals surface area contributed by atoms with Crippen LogP contribution in [0.2, 0.25) is 0 Å². The number of rotatable bonds is 3. The highest BCUT2D eigenvalue weighted by Gasteiger charge is 2.37. The molecule has 0 N–H and O–H groups in total. The second-order valence-electron chi connectivity index (χ2n) is 6.92. The Balaban J connectivity index is 1.42. The lowest BCUT2D eigenvalue weighted by atomic mass is 10.0. The summed E-state index contributed by atoms with van der Waals surface area (Å²) in [5.41, 5.74) is 3.28. The molecule has 2 amide bonds. The molecule has 0 bridgehead atoms. The Kier molecular flexibility index (Phi) is 4.03. The van der Waals surface area contributed by atoms with E-state index >= 15 is 0 Å². The van der Waals surface area contributed by atoms with Gasteiger partial charge in [0.15, 0.2) is 0 Å². The normalized spacial score (nSPS) is 20.0. The lowest BCUT2D eigenvalue weighted by Crippen LogP contribution is -2.41. The highest BCUT2D eigenvalue weighted by Crippen LogP contribution is 2.25. The summed E-state index contributed by atoms with van der Waals surface area (Å²) in [6.45, 7) is 2.37. The smallest absolute Gasteiger partial charge is 0.228 e. The Morgan fingerprint density at radius 2 is 2.08 bits per heavy atom. The zero-order valence-electron chi connectivity index (χ0n) is 14.4. The second-order valence-corrected chi connectivity index (χ2v) is 6.92. The van der Waals surface area contributed by atoms with E-state index in [1.54, 1.807) is 11.2 Å². The molecule has 2 aliphatic rings. The van der Waals surface area contributed by atoms with Crippen molar-refractivity contribution in [3.05, 3.63) is 53.6 Å². The minimum Gasteiger partial charge on any atom is -0.338 e. The van der Waals surface area contributed by atoms with Gasteiger partial charge < -0.3 is 14.4 Å². The van der Waals surface area contributed by atoms with Crippen LogP contribution < -0.4 is 0 Å². The van der Waals surface area contributed by atoms with E-state index in [0.717, 1.165) is 23.4 Å². The molecule has 2 aromatic rings. The van der Waals surface area contributed by atoms with Gasteiger partial charge in [-0.2, -0.15) is 0 Å². The van der Waals surface area contributed by atoms with Gasteiger partial charge in [0.25, 0.3) is 0 Å². The number of amides is 2. The van der Waals surface area contributed by atoms with Gasteiger partial charge >= 0.3 is 0 Å². The number of fused-ring (bicyclic) bond motifs is 1. The maximum atomic E-state index is 12.9. The van der Waals surface area contributed by atoms with Gasteiger partial charge in [-0.1, -0.05) is 30.3 Å². The largest absolute Gasteiger partial charge is 0.338 e. The first-order valence-electron chi connectivity index (χ1n) is 8.71. The van der Waals surface area contributed by atoms with Crippen LogP contribution in [0.4, 0.5) is 0 Å². The van der Waals surface area contributed by atoms with Gasteiger partial charge in [0, 0.05) is 39.5 Å².